The monoisotopic (exact) mass is 368 g/mol. The number of para-hydroxylation sites is 1. The lowest BCUT2D eigenvalue weighted by Crippen LogP contribution is -2.54. The first-order valence-electron chi connectivity index (χ1n) is 10.1. The maximum Gasteiger partial charge on any atom is 0.317 e. The number of hydrogen-bond donors (Lipinski definition) is 2. The normalized spacial score (nSPS) is 19.3. The predicted molar refractivity (Wildman–Crippen MR) is 106 cm³/mol. The number of Topliss-reactive ketones (excluding diaryl/α,β-unsaturated/α-hetero) is 1. The van der Waals surface area contributed by atoms with E-state index in [1.165, 1.54) is 19.3 Å². The largest absolute Gasteiger partial charge is 0.360 e. The van der Waals surface area contributed by atoms with E-state index < -0.39 is 0 Å². The molecule has 2 N–H and O–H groups in total. The SMILES string of the molecule is O=C(CN1CCN(C(=O)NC2CCCCC2)CC1)c1c[nH]c2ccccc12. The summed E-state index contributed by atoms with van der Waals surface area (Å²) in [7, 11) is 0. The van der Waals surface area contributed by atoms with Crippen LogP contribution in [0.25, 0.3) is 10.9 Å². The van der Waals surface area contributed by atoms with Gasteiger partial charge in [-0.2, -0.15) is 0 Å². The molecule has 6 nitrogen and oxygen atoms in total. The van der Waals surface area contributed by atoms with Crippen molar-refractivity contribution in [1.82, 2.24) is 20.1 Å². The summed E-state index contributed by atoms with van der Waals surface area (Å²) < 4.78 is 0. The van der Waals surface area contributed by atoms with Crippen molar-refractivity contribution in [3.63, 3.8) is 0 Å². The van der Waals surface area contributed by atoms with Crippen LogP contribution in [0.15, 0.2) is 30.5 Å². The minimum Gasteiger partial charge on any atom is -0.360 e. The van der Waals surface area contributed by atoms with Gasteiger partial charge in [0.05, 0.1) is 6.54 Å². The van der Waals surface area contributed by atoms with E-state index >= 15 is 0 Å². The van der Waals surface area contributed by atoms with E-state index in [0.717, 1.165) is 42.4 Å². The van der Waals surface area contributed by atoms with E-state index in [9.17, 15) is 9.59 Å². The van der Waals surface area contributed by atoms with E-state index in [4.69, 9.17) is 0 Å². The lowest BCUT2D eigenvalue weighted by Gasteiger charge is -2.35. The van der Waals surface area contributed by atoms with Gasteiger partial charge in [-0.1, -0.05) is 37.5 Å². The lowest BCUT2D eigenvalue weighted by atomic mass is 9.96. The summed E-state index contributed by atoms with van der Waals surface area (Å²) in [5.74, 6) is 0.132. The average Bonchev–Trinajstić information content (AvgIpc) is 3.13. The number of benzene rings is 1. The first kappa shape index (κ1) is 18.0. The molecular weight excluding hydrogens is 340 g/mol. The average molecular weight is 368 g/mol. The lowest BCUT2D eigenvalue weighted by molar-refractivity contribution is 0.0878. The summed E-state index contributed by atoms with van der Waals surface area (Å²) in [4.78, 5) is 32.4. The van der Waals surface area contributed by atoms with E-state index in [1.807, 2.05) is 29.2 Å². The zero-order chi connectivity index (χ0) is 18.6. The second-order valence-electron chi connectivity index (χ2n) is 7.72. The van der Waals surface area contributed by atoms with Gasteiger partial charge < -0.3 is 15.2 Å². The van der Waals surface area contributed by atoms with E-state index in [-0.39, 0.29) is 11.8 Å². The summed E-state index contributed by atoms with van der Waals surface area (Å²) in [5.41, 5.74) is 1.74. The molecule has 0 unspecified atom stereocenters. The van der Waals surface area contributed by atoms with Crippen molar-refractivity contribution in [2.45, 2.75) is 38.1 Å². The van der Waals surface area contributed by atoms with Crippen molar-refractivity contribution < 1.29 is 9.59 Å². The van der Waals surface area contributed by atoms with Crippen LogP contribution in [0.1, 0.15) is 42.5 Å². The summed E-state index contributed by atoms with van der Waals surface area (Å²) in [6.07, 6.45) is 7.73. The van der Waals surface area contributed by atoms with Gasteiger partial charge >= 0.3 is 6.03 Å². The number of rotatable bonds is 4. The fourth-order valence-corrected chi connectivity index (χ4v) is 4.21. The number of amides is 2. The molecule has 2 aliphatic rings. The second-order valence-corrected chi connectivity index (χ2v) is 7.72. The van der Waals surface area contributed by atoms with Crippen LogP contribution in [0.3, 0.4) is 0 Å². The Labute approximate surface area is 159 Å². The third-order valence-electron chi connectivity index (χ3n) is 5.85. The molecule has 4 rings (SSSR count). The molecule has 1 saturated heterocycles. The molecule has 0 radical (unpaired) electrons. The van der Waals surface area contributed by atoms with Crippen LogP contribution in [0.5, 0.6) is 0 Å². The fraction of sp³-hybridized carbons (Fsp3) is 0.524. The molecule has 1 aromatic heterocycles. The summed E-state index contributed by atoms with van der Waals surface area (Å²) >= 11 is 0. The Morgan fingerprint density at radius 1 is 1.04 bits per heavy atom. The first-order valence-corrected chi connectivity index (χ1v) is 10.1. The minimum absolute atomic E-state index is 0.0597. The molecule has 144 valence electrons. The standard InChI is InChI=1S/C21H28N4O2/c26-20(18-14-22-19-9-5-4-8-17(18)19)15-24-10-12-25(13-11-24)21(27)23-16-6-2-1-3-7-16/h4-5,8-9,14,16,22H,1-3,6-7,10-13,15H2,(H,23,27). The molecule has 1 aliphatic carbocycles. The van der Waals surface area contributed by atoms with Gasteiger partial charge in [0.2, 0.25) is 0 Å². The molecule has 1 aromatic carbocycles. The van der Waals surface area contributed by atoms with Gasteiger partial charge in [-0.15, -0.1) is 0 Å². The first-order chi connectivity index (χ1) is 13.2. The second kappa shape index (κ2) is 8.13. The molecule has 1 saturated carbocycles. The van der Waals surface area contributed by atoms with Crippen molar-refractivity contribution in [3.05, 3.63) is 36.0 Å². The summed E-state index contributed by atoms with van der Waals surface area (Å²) in [5, 5.41) is 4.16. The molecule has 2 aromatic rings. The van der Waals surface area contributed by atoms with Gasteiger partial charge in [-0.05, 0) is 18.9 Å². The number of carbonyl (C=O) groups excluding carboxylic acids is 2. The van der Waals surface area contributed by atoms with Crippen molar-refractivity contribution in [3.8, 4) is 0 Å². The van der Waals surface area contributed by atoms with Crippen molar-refractivity contribution in [1.29, 1.82) is 0 Å². The fourth-order valence-electron chi connectivity index (χ4n) is 4.21. The van der Waals surface area contributed by atoms with E-state index in [0.29, 0.717) is 25.7 Å². The van der Waals surface area contributed by atoms with Crippen molar-refractivity contribution in [2.24, 2.45) is 0 Å². The van der Waals surface area contributed by atoms with Crippen LogP contribution in [-0.4, -0.2) is 65.4 Å². The molecule has 2 amide bonds. The smallest absolute Gasteiger partial charge is 0.317 e. The number of aromatic amines is 1. The molecular formula is C21H28N4O2. The highest BCUT2D eigenvalue weighted by Crippen LogP contribution is 2.19. The Hall–Kier alpha value is -2.34. The molecule has 1 aliphatic heterocycles. The van der Waals surface area contributed by atoms with Crippen molar-refractivity contribution >= 4 is 22.7 Å². The number of aromatic nitrogens is 1. The Kier molecular flexibility index (Phi) is 5.43. The Morgan fingerprint density at radius 3 is 2.56 bits per heavy atom. The number of nitrogens with zero attached hydrogens (tertiary/aromatic N) is 2. The van der Waals surface area contributed by atoms with Crippen LogP contribution >= 0.6 is 0 Å². The predicted octanol–water partition coefficient (Wildman–Crippen LogP) is 3.01. The zero-order valence-corrected chi connectivity index (χ0v) is 15.7. The molecule has 27 heavy (non-hydrogen) atoms. The van der Waals surface area contributed by atoms with E-state index in [2.05, 4.69) is 15.2 Å². The molecule has 2 heterocycles. The number of fused-ring (bicyclic) bond motifs is 1. The number of urea groups is 1. The highest BCUT2D eigenvalue weighted by Gasteiger charge is 2.25. The number of ketones is 1. The van der Waals surface area contributed by atoms with Gasteiger partial charge in [-0.25, -0.2) is 4.79 Å². The van der Waals surface area contributed by atoms with Gasteiger partial charge in [0.1, 0.15) is 0 Å². The van der Waals surface area contributed by atoms with Crippen LogP contribution in [-0.2, 0) is 0 Å². The highest BCUT2D eigenvalue weighted by atomic mass is 16.2. The van der Waals surface area contributed by atoms with Gasteiger partial charge in [-0.3, -0.25) is 9.69 Å². The summed E-state index contributed by atoms with van der Waals surface area (Å²) in [6, 6.07) is 8.28. The quantitative estimate of drug-likeness (QED) is 0.815. The molecule has 6 heteroatoms. The third-order valence-corrected chi connectivity index (χ3v) is 5.85. The molecule has 0 atom stereocenters. The topological polar surface area (TPSA) is 68.4 Å². The van der Waals surface area contributed by atoms with E-state index in [1.54, 1.807) is 6.20 Å². The summed E-state index contributed by atoms with van der Waals surface area (Å²) in [6.45, 7) is 3.25. The number of piperazine rings is 1. The van der Waals surface area contributed by atoms with Crippen LogP contribution in [0.4, 0.5) is 4.79 Å². The van der Waals surface area contributed by atoms with Gasteiger partial charge in [0.15, 0.2) is 5.78 Å². The Morgan fingerprint density at radius 2 is 1.78 bits per heavy atom. The van der Waals surface area contributed by atoms with Gasteiger partial charge in [0.25, 0.3) is 0 Å². The minimum atomic E-state index is 0.0597. The van der Waals surface area contributed by atoms with Crippen molar-refractivity contribution in [2.75, 3.05) is 32.7 Å². The van der Waals surface area contributed by atoms with Crippen LogP contribution in [0.2, 0.25) is 0 Å². The number of nitrogens with one attached hydrogen (secondary N) is 2. The molecule has 0 spiro atoms. The Bertz CT molecular complexity index is 801. The maximum absolute atomic E-state index is 12.7. The highest BCUT2D eigenvalue weighted by molar-refractivity contribution is 6.08. The maximum atomic E-state index is 12.7. The number of carbonyl (C=O) groups is 2. The van der Waals surface area contributed by atoms with Crippen LogP contribution in [0, 0.1) is 0 Å². The molecule has 2 fully saturated rings. The molecule has 0 bridgehead atoms. The Balaban J connectivity index is 1.27. The van der Waals surface area contributed by atoms with Crippen LogP contribution < -0.4 is 5.32 Å². The number of hydrogen-bond acceptors (Lipinski definition) is 3. The van der Waals surface area contributed by atoms with Gasteiger partial charge in [0, 0.05) is 54.9 Å². The zero-order valence-electron chi connectivity index (χ0n) is 15.7. The third kappa shape index (κ3) is 4.16. The number of H-pyrrole nitrogens is 1.